The van der Waals surface area contributed by atoms with Crippen LogP contribution >= 0.6 is 0 Å². The van der Waals surface area contributed by atoms with Gasteiger partial charge in [-0.25, -0.2) is 0 Å². The molecule has 0 saturated carbocycles. The van der Waals surface area contributed by atoms with Crippen LogP contribution in [0.2, 0.25) is 0 Å². The number of hydrogen-bond donors (Lipinski definition) is 1. The summed E-state index contributed by atoms with van der Waals surface area (Å²) in [5.74, 6) is 0.165. The Morgan fingerprint density at radius 1 is 1.33 bits per heavy atom. The van der Waals surface area contributed by atoms with E-state index in [0.717, 1.165) is 16.8 Å². The lowest BCUT2D eigenvalue weighted by molar-refractivity contribution is -0.116. The van der Waals surface area contributed by atoms with Gasteiger partial charge in [0.25, 0.3) is 0 Å². The van der Waals surface area contributed by atoms with Crippen molar-refractivity contribution in [3.05, 3.63) is 42.1 Å². The highest BCUT2D eigenvalue weighted by Crippen LogP contribution is 2.21. The second-order valence-electron chi connectivity index (χ2n) is 3.50. The summed E-state index contributed by atoms with van der Waals surface area (Å²) in [7, 11) is 0. The number of ketones is 1. The topological polar surface area (TPSA) is 45.8 Å². The zero-order valence-electron chi connectivity index (χ0n) is 8.53. The number of aromatic amines is 1. The molecule has 76 valence electrons. The highest BCUT2D eigenvalue weighted by Gasteiger charge is 2.07. The Kier molecular flexibility index (Phi) is 2.63. The summed E-state index contributed by atoms with van der Waals surface area (Å²) in [6.07, 6.45) is 2.24. The molecule has 0 saturated heterocycles. The van der Waals surface area contributed by atoms with Crippen molar-refractivity contribution >= 4 is 5.78 Å². The molecule has 1 aromatic heterocycles. The molecular formula is C12H12N2O. The number of H-pyrrole nitrogens is 1. The fourth-order valence-electron chi connectivity index (χ4n) is 1.60. The van der Waals surface area contributed by atoms with E-state index in [0.29, 0.717) is 6.42 Å². The summed E-state index contributed by atoms with van der Waals surface area (Å²) < 4.78 is 0. The normalized spacial score (nSPS) is 10.2. The maximum atomic E-state index is 11.1. The fourth-order valence-corrected chi connectivity index (χ4v) is 1.60. The summed E-state index contributed by atoms with van der Waals surface area (Å²) in [5.41, 5.74) is 2.93. The van der Waals surface area contributed by atoms with Gasteiger partial charge in [-0.05, 0) is 18.6 Å². The SMILES string of the molecule is CC(=O)Cc1ccccc1-c1cc[nH]n1. The van der Waals surface area contributed by atoms with Crippen molar-refractivity contribution in [1.29, 1.82) is 0 Å². The summed E-state index contributed by atoms with van der Waals surface area (Å²) in [6, 6.07) is 9.74. The predicted molar refractivity (Wildman–Crippen MR) is 58.4 cm³/mol. The number of nitrogens with one attached hydrogen (secondary N) is 1. The van der Waals surface area contributed by atoms with Gasteiger partial charge in [-0.15, -0.1) is 0 Å². The maximum Gasteiger partial charge on any atom is 0.134 e. The number of carbonyl (C=O) groups excluding carboxylic acids is 1. The minimum atomic E-state index is 0.165. The molecular weight excluding hydrogens is 188 g/mol. The predicted octanol–water partition coefficient (Wildman–Crippen LogP) is 2.21. The first-order chi connectivity index (χ1) is 7.27. The van der Waals surface area contributed by atoms with Crippen LogP contribution in [-0.2, 0) is 11.2 Å². The van der Waals surface area contributed by atoms with Crippen LogP contribution in [0.4, 0.5) is 0 Å². The molecule has 2 rings (SSSR count). The van der Waals surface area contributed by atoms with Gasteiger partial charge in [-0.3, -0.25) is 9.89 Å². The third-order valence-electron chi connectivity index (χ3n) is 2.23. The van der Waals surface area contributed by atoms with Crippen molar-refractivity contribution in [1.82, 2.24) is 10.2 Å². The van der Waals surface area contributed by atoms with Crippen LogP contribution in [0.25, 0.3) is 11.3 Å². The molecule has 1 N–H and O–H groups in total. The van der Waals surface area contributed by atoms with Crippen molar-refractivity contribution in [3.8, 4) is 11.3 Å². The minimum absolute atomic E-state index is 0.165. The van der Waals surface area contributed by atoms with E-state index in [1.165, 1.54) is 0 Å². The molecule has 0 aliphatic carbocycles. The van der Waals surface area contributed by atoms with Gasteiger partial charge in [0.05, 0.1) is 5.69 Å². The molecule has 3 heteroatoms. The zero-order valence-corrected chi connectivity index (χ0v) is 8.53. The monoisotopic (exact) mass is 200 g/mol. The Morgan fingerprint density at radius 2 is 2.13 bits per heavy atom. The standard InChI is InChI=1S/C12H12N2O/c1-9(15)8-10-4-2-3-5-11(10)12-6-7-13-14-12/h2-7H,8H2,1H3,(H,13,14). The van der Waals surface area contributed by atoms with Crippen LogP contribution in [0.3, 0.4) is 0 Å². The average Bonchev–Trinajstić information content (AvgIpc) is 2.70. The van der Waals surface area contributed by atoms with Gasteiger partial charge in [-0.2, -0.15) is 5.10 Å². The molecule has 0 atom stereocenters. The van der Waals surface area contributed by atoms with Crippen LogP contribution in [0.1, 0.15) is 12.5 Å². The van der Waals surface area contributed by atoms with Crippen LogP contribution in [0, 0.1) is 0 Å². The van der Waals surface area contributed by atoms with Gasteiger partial charge in [0, 0.05) is 18.2 Å². The Morgan fingerprint density at radius 3 is 2.80 bits per heavy atom. The van der Waals surface area contributed by atoms with E-state index in [4.69, 9.17) is 0 Å². The van der Waals surface area contributed by atoms with E-state index >= 15 is 0 Å². The van der Waals surface area contributed by atoms with Gasteiger partial charge >= 0.3 is 0 Å². The second-order valence-corrected chi connectivity index (χ2v) is 3.50. The number of carbonyl (C=O) groups is 1. The molecule has 15 heavy (non-hydrogen) atoms. The van der Waals surface area contributed by atoms with Crippen LogP contribution in [0.5, 0.6) is 0 Å². The smallest absolute Gasteiger partial charge is 0.134 e. The molecule has 0 unspecified atom stereocenters. The van der Waals surface area contributed by atoms with Crippen molar-refractivity contribution in [2.45, 2.75) is 13.3 Å². The molecule has 3 nitrogen and oxygen atoms in total. The summed E-state index contributed by atoms with van der Waals surface area (Å²) in [4.78, 5) is 11.1. The highest BCUT2D eigenvalue weighted by molar-refractivity contribution is 5.81. The molecule has 0 radical (unpaired) electrons. The van der Waals surface area contributed by atoms with Crippen LogP contribution < -0.4 is 0 Å². The lowest BCUT2D eigenvalue weighted by atomic mass is 10.0. The number of nitrogens with zero attached hydrogens (tertiary/aromatic N) is 1. The first kappa shape index (κ1) is 9.65. The van der Waals surface area contributed by atoms with E-state index in [1.54, 1.807) is 13.1 Å². The van der Waals surface area contributed by atoms with Crippen molar-refractivity contribution in [3.63, 3.8) is 0 Å². The molecule has 0 fully saturated rings. The minimum Gasteiger partial charge on any atom is -0.300 e. The highest BCUT2D eigenvalue weighted by atomic mass is 16.1. The van der Waals surface area contributed by atoms with Crippen molar-refractivity contribution in [2.24, 2.45) is 0 Å². The third kappa shape index (κ3) is 2.13. The Balaban J connectivity index is 2.42. The van der Waals surface area contributed by atoms with Gasteiger partial charge < -0.3 is 0 Å². The molecule has 2 aromatic rings. The number of Topliss-reactive ketones (excluding diaryl/α,β-unsaturated/α-hetero) is 1. The Labute approximate surface area is 88.1 Å². The molecule has 0 amide bonds. The van der Waals surface area contributed by atoms with Gasteiger partial charge in [0.1, 0.15) is 5.78 Å². The van der Waals surface area contributed by atoms with E-state index in [2.05, 4.69) is 10.2 Å². The molecule has 1 heterocycles. The molecule has 0 bridgehead atoms. The number of hydrogen-bond acceptors (Lipinski definition) is 2. The lowest BCUT2D eigenvalue weighted by Gasteiger charge is -2.04. The van der Waals surface area contributed by atoms with Crippen LogP contribution in [-0.4, -0.2) is 16.0 Å². The number of benzene rings is 1. The third-order valence-corrected chi connectivity index (χ3v) is 2.23. The van der Waals surface area contributed by atoms with E-state index in [1.807, 2.05) is 30.3 Å². The first-order valence-electron chi connectivity index (χ1n) is 4.85. The Hall–Kier alpha value is -1.90. The summed E-state index contributed by atoms with van der Waals surface area (Å²) in [5, 5.41) is 6.89. The number of rotatable bonds is 3. The van der Waals surface area contributed by atoms with E-state index in [-0.39, 0.29) is 5.78 Å². The first-order valence-corrected chi connectivity index (χ1v) is 4.85. The molecule has 0 aliphatic heterocycles. The van der Waals surface area contributed by atoms with Crippen LogP contribution in [0.15, 0.2) is 36.5 Å². The summed E-state index contributed by atoms with van der Waals surface area (Å²) in [6.45, 7) is 1.60. The largest absolute Gasteiger partial charge is 0.300 e. The van der Waals surface area contributed by atoms with E-state index in [9.17, 15) is 4.79 Å². The van der Waals surface area contributed by atoms with Gasteiger partial charge in [-0.1, -0.05) is 24.3 Å². The molecule has 0 aliphatic rings. The number of aromatic nitrogens is 2. The van der Waals surface area contributed by atoms with Crippen molar-refractivity contribution < 1.29 is 4.79 Å². The van der Waals surface area contributed by atoms with Crippen molar-refractivity contribution in [2.75, 3.05) is 0 Å². The fraction of sp³-hybridized carbons (Fsp3) is 0.167. The molecule has 1 aromatic carbocycles. The second kappa shape index (κ2) is 4.09. The zero-order chi connectivity index (χ0) is 10.7. The lowest BCUT2D eigenvalue weighted by Crippen LogP contribution is -1.98. The molecule has 0 spiro atoms. The van der Waals surface area contributed by atoms with Gasteiger partial charge in [0.15, 0.2) is 0 Å². The summed E-state index contributed by atoms with van der Waals surface area (Å²) >= 11 is 0. The van der Waals surface area contributed by atoms with E-state index < -0.39 is 0 Å². The average molecular weight is 200 g/mol. The maximum absolute atomic E-state index is 11.1. The Bertz CT molecular complexity index is 460. The quantitative estimate of drug-likeness (QED) is 0.825. The van der Waals surface area contributed by atoms with Gasteiger partial charge in [0.2, 0.25) is 0 Å².